The number of aryl methyl sites for hydroxylation is 1. The van der Waals surface area contributed by atoms with Crippen molar-refractivity contribution in [1.29, 1.82) is 0 Å². The quantitative estimate of drug-likeness (QED) is 0.518. The van der Waals surface area contributed by atoms with E-state index in [9.17, 15) is 18.0 Å². The first kappa shape index (κ1) is 23.1. The molecule has 0 unspecified atom stereocenters. The lowest BCUT2D eigenvalue weighted by molar-refractivity contribution is -0.678. The minimum absolute atomic E-state index is 0.0298. The van der Waals surface area contributed by atoms with Crippen LogP contribution in [0.2, 0.25) is 0 Å². The number of anilines is 2. The number of carbonyl (C=O) groups is 1. The van der Waals surface area contributed by atoms with Gasteiger partial charge in [0.25, 0.3) is 11.7 Å². The van der Waals surface area contributed by atoms with Crippen LogP contribution in [0, 0.1) is 0 Å². The lowest BCUT2D eigenvalue weighted by Gasteiger charge is -2.21. The average Bonchev–Trinajstić information content (AvgIpc) is 2.93. The number of carbonyl (C=O) groups excluding carboxylic acids is 1. The molecular weight excluding hydrogens is 429 g/mol. The van der Waals surface area contributed by atoms with Crippen LogP contribution < -0.4 is 14.8 Å². The standard InChI is InChI=1S/C25H29F3N4O/c1-3-30(4-2)20-12-10-19(11-13-20)29-23(33)17-32-22-16-18(25(26,27)28)9-14-21(22)31-15-7-5-6-8-24(31)32/h9-14,16H,3-8,15,17H2,1-2H3/p+1. The van der Waals surface area contributed by atoms with Crippen LogP contribution in [0.15, 0.2) is 42.5 Å². The molecule has 176 valence electrons. The Kier molecular flexibility index (Phi) is 6.63. The summed E-state index contributed by atoms with van der Waals surface area (Å²) in [5.74, 6) is 0.654. The molecule has 2 heterocycles. The van der Waals surface area contributed by atoms with Gasteiger partial charge in [0.2, 0.25) is 0 Å². The first-order valence-corrected chi connectivity index (χ1v) is 11.6. The van der Waals surface area contributed by atoms with Crippen molar-refractivity contribution in [2.75, 3.05) is 23.3 Å². The van der Waals surface area contributed by atoms with Crippen molar-refractivity contribution in [2.45, 2.75) is 58.8 Å². The lowest BCUT2D eigenvalue weighted by Crippen LogP contribution is -2.37. The molecule has 0 spiro atoms. The highest BCUT2D eigenvalue weighted by Gasteiger charge is 2.34. The molecule has 1 N–H and O–H groups in total. The summed E-state index contributed by atoms with van der Waals surface area (Å²) < 4.78 is 44.0. The maximum absolute atomic E-state index is 13.4. The summed E-state index contributed by atoms with van der Waals surface area (Å²) in [7, 11) is 0. The Morgan fingerprint density at radius 2 is 1.79 bits per heavy atom. The Balaban J connectivity index is 1.63. The average molecular weight is 460 g/mol. The number of fused-ring (bicyclic) bond motifs is 3. The second kappa shape index (κ2) is 9.45. The van der Waals surface area contributed by atoms with E-state index < -0.39 is 11.7 Å². The molecule has 4 rings (SSSR count). The number of halogens is 3. The summed E-state index contributed by atoms with van der Waals surface area (Å²) in [6.45, 7) is 6.69. The lowest BCUT2D eigenvalue weighted by atomic mass is 10.2. The summed E-state index contributed by atoms with van der Waals surface area (Å²) in [5.41, 5.74) is 2.25. The largest absolute Gasteiger partial charge is 0.416 e. The van der Waals surface area contributed by atoms with Gasteiger partial charge in [-0.25, -0.2) is 9.13 Å². The van der Waals surface area contributed by atoms with Crippen molar-refractivity contribution in [1.82, 2.24) is 4.57 Å². The molecule has 8 heteroatoms. The molecule has 2 aromatic carbocycles. The van der Waals surface area contributed by atoms with Gasteiger partial charge in [0, 0.05) is 37.0 Å². The highest BCUT2D eigenvalue weighted by atomic mass is 19.4. The third-order valence-electron chi connectivity index (χ3n) is 6.37. The highest BCUT2D eigenvalue weighted by molar-refractivity contribution is 5.91. The highest BCUT2D eigenvalue weighted by Crippen LogP contribution is 2.32. The molecule has 1 aliphatic rings. The second-order valence-corrected chi connectivity index (χ2v) is 8.43. The number of rotatable bonds is 6. The number of nitrogens with zero attached hydrogens (tertiary/aromatic N) is 3. The smallest absolute Gasteiger partial charge is 0.372 e. The second-order valence-electron chi connectivity index (χ2n) is 8.43. The zero-order chi connectivity index (χ0) is 23.6. The molecule has 3 aromatic rings. The van der Waals surface area contributed by atoms with Gasteiger partial charge in [0.05, 0.1) is 12.1 Å². The van der Waals surface area contributed by atoms with E-state index in [1.54, 1.807) is 4.57 Å². The van der Waals surface area contributed by atoms with E-state index in [4.69, 9.17) is 0 Å². The van der Waals surface area contributed by atoms with E-state index in [1.807, 2.05) is 24.3 Å². The van der Waals surface area contributed by atoms with Crippen LogP contribution in [-0.2, 0) is 30.5 Å². The van der Waals surface area contributed by atoms with E-state index >= 15 is 0 Å². The Labute approximate surface area is 191 Å². The predicted octanol–water partition coefficient (Wildman–Crippen LogP) is 5.16. The van der Waals surface area contributed by atoms with Crippen LogP contribution >= 0.6 is 0 Å². The van der Waals surface area contributed by atoms with E-state index in [-0.39, 0.29) is 12.5 Å². The van der Waals surface area contributed by atoms with Crippen molar-refractivity contribution < 1.29 is 22.5 Å². The monoisotopic (exact) mass is 459 g/mol. The summed E-state index contributed by atoms with van der Waals surface area (Å²) in [6.07, 6.45) is -0.698. The SMILES string of the molecule is CCN(CC)c1ccc(NC(=O)Cn2c3[n+](c4ccc(C(F)(F)F)cc42)CCCCC3)cc1. The normalized spacial score (nSPS) is 14.1. The molecule has 0 fully saturated rings. The van der Waals surface area contributed by atoms with E-state index in [2.05, 4.69) is 28.6 Å². The summed E-state index contributed by atoms with van der Waals surface area (Å²) >= 11 is 0. The fourth-order valence-corrected chi connectivity index (χ4v) is 4.68. The summed E-state index contributed by atoms with van der Waals surface area (Å²) in [5, 5.41) is 2.90. The molecule has 0 radical (unpaired) electrons. The van der Waals surface area contributed by atoms with Gasteiger partial charge in [-0.15, -0.1) is 0 Å². The Morgan fingerprint density at radius 3 is 2.45 bits per heavy atom. The third-order valence-corrected chi connectivity index (χ3v) is 6.37. The Hall–Kier alpha value is -3.03. The maximum Gasteiger partial charge on any atom is 0.416 e. The molecule has 1 amide bonds. The number of alkyl halides is 3. The molecule has 1 aromatic heterocycles. The van der Waals surface area contributed by atoms with Gasteiger partial charge in [-0.3, -0.25) is 4.79 Å². The molecule has 0 atom stereocenters. The van der Waals surface area contributed by atoms with Gasteiger partial charge in [-0.1, -0.05) is 0 Å². The topological polar surface area (TPSA) is 41.2 Å². The van der Waals surface area contributed by atoms with Crippen molar-refractivity contribution >= 4 is 28.3 Å². The minimum atomic E-state index is -4.43. The molecule has 0 bridgehead atoms. The van der Waals surface area contributed by atoms with Crippen LogP contribution in [0.5, 0.6) is 0 Å². The summed E-state index contributed by atoms with van der Waals surface area (Å²) in [6, 6.07) is 11.5. The van der Waals surface area contributed by atoms with Crippen molar-refractivity contribution in [3.8, 4) is 0 Å². The molecule has 0 saturated carbocycles. The fraction of sp³-hybridized carbons (Fsp3) is 0.440. The van der Waals surface area contributed by atoms with Crippen molar-refractivity contribution in [2.24, 2.45) is 0 Å². The van der Waals surface area contributed by atoms with Crippen molar-refractivity contribution in [3.05, 3.63) is 53.9 Å². The number of aromatic nitrogens is 2. The van der Waals surface area contributed by atoms with Gasteiger partial charge >= 0.3 is 6.18 Å². The van der Waals surface area contributed by atoms with Gasteiger partial charge in [-0.05, 0) is 69.5 Å². The number of amides is 1. The van der Waals surface area contributed by atoms with Gasteiger partial charge in [0.1, 0.15) is 0 Å². The zero-order valence-corrected chi connectivity index (χ0v) is 19.1. The van der Waals surface area contributed by atoms with E-state index in [0.717, 1.165) is 68.4 Å². The minimum Gasteiger partial charge on any atom is -0.372 e. The van der Waals surface area contributed by atoms with Gasteiger partial charge in [0.15, 0.2) is 17.6 Å². The van der Waals surface area contributed by atoms with Gasteiger partial charge < -0.3 is 10.2 Å². The van der Waals surface area contributed by atoms with Gasteiger partial charge in [-0.2, -0.15) is 13.2 Å². The Bertz CT molecular complexity index is 1130. The maximum atomic E-state index is 13.4. The van der Waals surface area contributed by atoms with Crippen LogP contribution in [0.1, 0.15) is 44.5 Å². The van der Waals surface area contributed by atoms with Crippen LogP contribution in [0.25, 0.3) is 11.0 Å². The Morgan fingerprint density at radius 1 is 1.06 bits per heavy atom. The molecule has 33 heavy (non-hydrogen) atoms. The summed E-state index contributed by atoms with van der Waals surface area (Å²) in [4.78, 5) is 15.1. The molecular formula is C25H30F3N4O+. The zero-order valence-electron chi connectivity index (χ0n) is 19.1. The van der Waals surface area contributed by atoms with Crippen LogP contribution in [0.3, 0.4) is 0 Å². The number of hydrogen-bond acceptors (Lipinski definition) is 2. The number of benzene rings is 2. The van der Waals surface area contributed by atoms with E-state index in [0.29, 0.717) is 11.2 Å². The third kappa shape index (κ3) is 4.84. The molecule has 1 aliphatic heterocycles. The first-order chi connectivity index (χ1) is 15.8. The molecule has 0 aliphatic carbocycles. The van der Waals surface area contributed by atoms with Crippen molar-refractivity contribution in [3.63, 3.8) is 0 Å². The van der Waals surface area contributed by atoms with Crippen LogP contribution in [0.4, 0.5) is 24.5 Å². The molecule has 0 saturated heterocycles. The number of imidazole rings is 1. The number of hydrogen-bond donors (Lipinski definition) is 1. The first-order valence-electron chi connectivity index (χ1n) is 11.6. The molecule has 5 nitrogen and oxygen atoms in total. The number of nitrogens with one attached hydrogen (secondary N) is 1. The van der Waals surface area contributed by atoms with E-state index in [1.165, 1.54) is 12.1 Å². The predicted molar refractivity (Wildman–Crippen MR) is 123 cm³/mol. The van der Waals surface area contributed by atoms with Crippen LogP contribution in [-0.4, -0.2) is 23.6 Å². The fourth-order valence-electron chi connectivity index (χ4n) is 4.68.